The zero-order valence-electron chi connectivity index (χ0n) is 16.8. The fraction of sp³-hybridized carbons (Fsp3) is 0.435. The van der Waals surface area contributed by atoms with Crippen LogP contribution >= 0.6 is 0 Å². The molecule has 148 valence electrons. The minimum atomic E-state index is -0.349. The number of rotatable bonds is 4. The third-order valence-corrected chi connectivity index (χ3v) is 5.02. The highest BCUT2D eigenvalue weighted by Crippen LogP contribution is 2.26. The molecule has 1 aliphatic rings. The van der Waals surface area contributed by atoms with E-state index < -0.39 is 0 Å². The molecule has 0 spiro atoms. The minimum absolute atomic E-state index is 0.0565. The Balaban J connectivity index is 1.59. The fourth-order valence-electron chi connectivity index (χ4n) is 3.63. The van der Waals surface area contributed by atoms with Gasteiger partial charge in [0.05, 0.1) is 12.3 Å². The van der Waals surface area contributed by atoms with Crippen LogP contribution in [0.4, 0.5) is 20.2 Å². The molecule has 0 N–H and O–H groups in total. The van der Waals surface area contributed by atoms with Crippen molar-refractivity contribution < 1.29 is 8.78 Å². The molecule has 0 aromatic heterocycles. The first-order valence-corrected chi connectivity index (χ1v) is 9.67. The highest BCUT2D eigenvalue weighted by molar-refractivity contribution is 5.57. The van der Waals surface area contributed by atoms with Gasteiger partial charge in [0.25, 0.3) is 0 Å². The number of halogens is 2. The molecule has 3 nitrogen and oxygen atoms in total. The van der Waals surface area contributed by atoms with Gasteiger partial charge in [0.1, 0.15) is 11.6 Å². The molecule has 2 aromatic rings. The predicted molar refractivity (Wildman–Crippen MR) is 110 cm³/mol. The van der Waals surface area contributed by atoms with Crippen LogP contribution in [-0.4, -0.2) is 31.1 Å². The Morgan fingerprint density at radius 3 is 2.25 bits per heavy atom. The molecule has 1 saturated heterocycles. The number of hydrogen-bond acceptors (Lipinski definition) is 2. The van der Waals surface area contributed by atoms with Gasteiger partial charge in [-0.15, -0.1) is 0 Å². The monoisotopic (exact) mass is 383 g/mol. The third-order valence-electron chi connectivity index (χ3n) is 5.02. The molecule has 0 atom stereocenters. The maximum Gasteiger partial charge on any atom is 0.190 e. The van der Waals surface area contributed by atoms with E-state index >= 15 is 0 Å². The van der Waals surface area contributed by atoms with E-state index in [-0.39, 0.29) is 17.0 Å². The van der Waals surface area contributed by atoms with Crippen LogP contribution in [0.2, 0.25) is 0 Å². The quantitative estimate of drug-likeness (QED) is 0.652. The maximum absolute atomic E-state index is 14.4. The average molecular weight is 383 g/mol. The van der Waals surface area contributed by atoms with E-state index in [1.165, 1.54) is 6.07 Å². The normalized spacial score (nSPS) is 15.5. The second-order valence-corrected chi connectivity index (χ2v) is 8.67. The van der Waals surface area contributed by atoms with Gasteiger partial charge in [-0.05, 0) is 41.2 Å². The van der Waals surface area contributed by atoms with Gasteiger partial charge in [-0.2, -0.15) is 0 Å². The summed E-state index contributed by atoms with van der Waals surface area (Å²) >= 11 is 0. The number of piperazine rings is 1. The summed E-state index contributed by atoms with van der Waals surface area (Å²) in [7, 11) is 0. The van der Waals surface area contributed by atoms with Gasteiger partial charge in [-0.1, -0.05) is 39.0 Å². The van der Waals surface area contributed by atoms with Crippen LogP contribution in [0.1, 0.15) is 31.9 Å². The number of nitrogens with zero attached hydrogens (tertiary/aromatic N) is 3. The van der Waals surface area contributed by atoms with Crippen LogP contribution in [0, 0.1) is 23.6 Å². The van der Waals surface area contributed by atoms with Crippen molar-refractivity contribution in [1.29, 1.82) is 0 Å². The van der Waals surface area contributed by atoms with Crippen LogP contribution < -0.4 is 4.90 Å². The van der Waals surface area contributed by atoms with Gasteiger partial charge in [0.2, 0.25) is 0 Å². The molecule has 2 aromatic carbocycles. The van der Waals surface area contributed by atoms with Gasteiger partial charge >= 0.3 is 0 Å². The van der Waals surface area contributed by atoms with Crippen molar-refractivity contribution >= 4 is 11.4 Å². The Bertz CT molecular complexity index is 872. The van der Waals surface area contributed by atoms with Gasteiger partial charge in [0.15, 0.2) is 5.69 Å². The summed E-state index contributed by atoms with van der Waals surface area (Å²) in [5, 5.41) is 0. The topological polar surface area (TPSA) is 10.8 Å². The molecule has 0 saturated carbocycles. The number of hydrogen-bond donors (Lipinski definition) is 0. The van der Waals surface area contributed by atoms with Crippen molar-refractivity contribution in [1.82, 2.24) is 4.90 Å². The highest BCUT2D eigenvalue weighted by Gasteiger charge is 2.20. The third kappa shape index (κ3) is 5.08. The summed E-state index contributed by atoms with van der Waals surface area (Å²) in [6, 6.07) is 10.2. The van der Waals surface area contributed by atoms with E-state index in [9.17, 15) is 8.78 Å². The number of anilines is 1. The fourth-order valence-corrected chi connectivity index (χ4v) is 3.63. The van der Waals surface area contributed by atoms with Crippen molar-refractivity contribution in [2.75, 3.05) is 31.1 Å². The van der Waals surface area contributed by atoms with Crippen LogP contribution in [0.15, 0.2) is 36.4 Å². The van der Waals surface area contributed by atoms with Gasteiger partial charge in [0, 0.05) is 32.7 Å². The van der Waals surface area contributed by atoms with Gasteiger partial charge in [-0.25, -0.2) is 13.6 Å². The molecule has 0 radical (unpaired) electrons. The van der Waals surface area contributed by atoms with E-state index in [4.69, 9.17) is 6.57 Å². The van der Waals surface area contributed by atoms with Crippen molar-refractivity contribution in [2.24, 2.45) is 5.41 Å². The SMILES string of the molecule is [C-]#[N+]c1ccc(N2CCN(Cc3ccc(CC(C)(C)C)c(F)c3)CC2)c(F)c1. The Kier molecular flexibility index (Phi) is 6.00. The summed E-state index contributed by atoms with van der Waals surface area (Å²) in [6.07, 6.45) is 0.718. The average Bonchev–Trinajstić information content (AvgIpc) is 2.64. The molecule has 1 heterocycles. The van der Waals surface area contributed by atoms with Crippen molar-refractivity contribution in [3.8, 4) is 0 Å². The largest absolute Gasteiger partial charge is 0.367 e. The molecule has 0 unspecified atom stereocenters. The first kappa shape index (κ1) is 20.3. The molecule has 3 rings (SSSR count). The maximum atomic E-state index is 14.4. The summed E-state index contributed by atoms with van der Waals surface area (Å²) in [5.74, 6) is -0.480. The van der Waals surface area contributed by atoms with E-state index in [0.717, 1.165) is 30.6 Å². The van der Waals surface area contributed by atoms with E-state index in [1.54, 1.807) is 18.2 Å². The Labute approximate surface area is 166 Å². The first-order chi connectivity index (χ1) is 13.2. The number of benzene rings is 2. The molecule has 0 bridgehead atoms. The molecular weight excluding hydrogens is 356 g/mol. The Hall–Kier alpha value is -2.45. The highest BCUT2D eigenvalue weighted by atomic mass is 19.1. The molecule has 0 amide bonds. The molecule has 28 heavy (non-hydrogen) atoms. The zero-order chi connectivity index (χ0) is 20.3. The van der Waals surface area contributed by atoms with Crippen molar-refractivity contribution in [3.05, 3.63) is 70.6 Å². The summed E-state index contributed by atoms with van der Waals surface area (Å²) in [6.45, 7) is 17.0. The zero-order valence-corrected chi connectivity index (χ0v) is 16.8. The standard InChI is InChI=1S/C23H27F2N3/c1-23(2,3)15-18-6-5-17(13-20(18)24)16-27-9-11-28(12-10-27)22-8-7-19(26-4)14-21(22)25/h5-8,13-14H,9-12,15-16H2,1-3H3. The smallest absolute Gasteiger partial charge is 0.190 e. The van der Waals surface area contributed by atoms with Crippen LogP contribution in [0.3, 0.4) is 0 Å². The Morgan fingerprint density at radius 2 is 1.68 bits per heavy atom. The van der Waals surface area contributed by atoms with Crippen LogP contribution in [0.25, 0.3) is 4.85 Å². The molecule has 5 heteroatoms. The van der Waals surface area contributed by atoms with E-state index in [2.05, 4.69) is 30.5 Å². The lowest BCUT2D eigenvalue weighted by atomic mass is 9.87. The van der Waals surface area contributed by atoms with Crippen molar-refractivity contribution in [2.45, 2.75) is 33.7 Å². The molecule has 1 fully saturated rings. The van der Waals surface area contributed by atoms with E-state index in [0.29, 0.717) is 31.0 Å². The van der Waals surface area contributed by atoms with E-state index in [1.807, 2.05) is 17.0 Å². The lowest BCUT2D eigenvalue weighted by Gasteiger charge is -2.36. The Morgan fingerprint density at radius 1 is 0.964 bits per heavy atom. The lowest BCUT2D eigenvalue weighted by Crippen LogP contribution is -2.46. The molecular formula is C23H27F2N3. The summed E-state index contributed by atoms with van der Waals surface area (Å²) < 4.78 is 28.7. The summed E-state index contributed by atoms with van der Waals surface area (Å²) in [5.41, 5.74) is 2.65. The predicted octanol–water partition coefficient (Wildman–Crippen LogP) is 5.43. The molecule has 0 aliphatic carbocycles. The summed E-state index contributed by atoms with van der Waals surface area (Å²) in [4.78, 5) is 7.53. The lowest BCUT2D eigenvalue weighted by molar-refractivity contribution is 0.249. The van der Waals surface area contributed by atoms with Crippen LogP contribution in [0.5, 0.6) is 0 Å². The van der Waals surface area contributed by atoms with Gasteiger partial charge in [-0.3, -0.25) is 4.90 Å². The minimum Gasteiger partial charge on any atom is -0.367 e. The van der Waals surface area contributed by atoms with Crippen LogP contribution in [-0.2, 0) is 13.0 Å². The second-order valence-electron chi connectivity index (χ2n) is 8.67. The van der Waals surface area contributed by atoms with Crippen molar-refractivity contribution in [3.63, 3.8) is 0 Å². The second kappa shape index (κ2) is 8.28. The molecule has 1 aliphatic heterocycles. The first-order valence-electron chi connectivity index (χ1n) is 9.67. The van der Waals surface area contributed by atoms with Gasteiger partial charge < -0.3 is 4.90 Å².